The van der Waals surface area contributed by atoms with Crippen LogP contribution in [0.2, 0.25) is 0 Å². The zero-order chi connectivity index (χ0) is 9.64. The molecule has 2 aliphatic rings. The van der Waals surface area contributed by atoms with Crippen LogP contribution in [-0.4, -0.2) is 0 Å². The number of hydrogen-bond acceptors (Lipinski definition) is 0. The van der Waals surface area contributed by atoms with E-state index in [2.05, 4.69) is 72.9 Å². The SMILES string of the molecule is C1=CC(/C=C/C=C/C2C=CC=C2)C=C1. The summed E-state index contributed by atoms with van der Waals surface area (Å²) in [7, 11) is 0. The highest BCUT2D eigenvalue weighted by molar-refractivity contribution is 5.26. The Labute approximate surface area is 85.3 Å². The largest absolute Gasteiger partial charge is 0.0738 e. The number of rotatable bonds is 3. The van der Waals surface area contributed by atoms with Gasteiger partial charge in [-0.1, -0.05) is 72.9 Å². The molecular formula is C14H14. The van der Waals surface area contributed by atoms with Crippen LogP contribution in [0.4, 0.5) is 0 Å². The normalized spacial score (nSPS) is 21.4. The maximum absolute atomic E-state index is 2.19. The molecule has 0 unspecified atom stereocenters. The van der Waals surface area contributed by atoms with Crippen LogP contribution >= 0.6 is 0 Å². The lowest BCUT2D eigenvalue weighted by Gasteiger charge is -1.94. The molecule has 2 rings (SSSR count). The molecule has 0 fully saturated rings. The minimum absolute atomic E-state index is 0.495. The fraction of sp³-hybridized carbons (Fsp3) is 0.143. The van der Waals surface area contributed by atoms with Gasteiger partial charge in [-0.15, -0.1) is 0 Å². The molecule has 0 N–H and O–H groups in total. The molecule has 0 saturated heterocycles. The number of hydrogen-bond donors (Lipinski definition) is 0. The van der Waals surface area contributed by atoms with Crippen LogP contribution in [0.5, 0.6) is 0 Å². The van der Waals surface area contributed by atoms with Gasteiger partial charge in [0.1, 0.15) is 0 Å². The second kappa shape index (κ2) is 4.61. The zero-order valence-electron chi connectivity index (χ0n) is 8.08. The highest BCUT2D eigenvalue weighted by Crippen LogP contribution is 2.12. The fourth-order valence-corrected chi connectivity index (χ4v) is 1.54. The standard InChI is InChI=1S/C14H14/c1-2-8-13(7-1)11-5-6-12-14-9-3-4-10-14/h1-14H/b11-5+,12-6+. The van der Waals surface area contributed by atoms with E-state index in [-0.39, 0.29) is 0 Å². The zero-order valence-corrected chi connectivity index (χ0v) is 8.08. The maximum Gasteiger partial charge on any atom is 0.0136 e. The molecule has 0 aromatic carbocycles. The van der Waals surface area contributed by atoms with Crippen molar-refractivity contribution in [2.75, 3.05) is 0 Å². The highest BCUT2D eigenvalue weighted by atomic mass is 14.0. The van der Waals surface area contributed by atoms with E-state index in [4.69, 9.17) is 0 Å². The quantitative estimate of drug-likeness (QED) is 0.585. The lowest BCUT2D eigenvalue weighted by molar-refractivity contribution is 1.08. The van der Waals surface area contributed by atoms with E-state index in [1.54, 1.807) is 0 Å². The first kappa shape index (κ1) is 9.01. The van der Waals surface area contributed by atoms with Crippen LogP contribution in [0.15, 0.2) is 72.9 Å². The van der Waals surface area contributed by atoms with E-state index in [1.807, 2.05) is 0 Å². The first-order valence-electron chi connectivity index (χ1n) is 5.00. The van der Waals surface area contributed by atoms with Gasteiger partial charge in [0.2, 0.25) is 0 Å². The molecule has 0 aromatic rings. The predicted octanol–water partition coefficient (Wildman–Crippen LogP) is 3.58. The molecule has 0 atom stereocenters. The van der Waals surface area contributed by atoms with E-state index < -0.39 is 0 Å². The van der Waals surface area contributed by atoms with Gasteiger partial charge in [0, 0.05) is 11.8 Å². The smallest absolute Gasteiger partial charge is 0.0136 e. The van der Waals surface area contributed by atoms with Gasteiger partial charge >= 0.3 is 0 Å². The third-order valence-electron chi connectivity index (χ3n) is 2.33. The summed E-state index contributed by atoms with van der Waals surface area (Å²) in [6.45, 7) is 0. The summed E-state index contributed by atoms with van der Waals surface area (Å²) < 4.78 is 0. The summed E-state index contributed by atoms with van der Waals surface area (Å²) in [5.74, 6) is 0.989. The summed E-state index contributed by atoms with van der Waals surface area (Å²) in [5.41, 5.74) is 0. The summed E-state index contributed by atoms with van der Waals surface area (Å²) >= 11 is 0. The minimum Gasteiger partial charge on any atom is -0.0738 e. The first-order valence-corrected chi connectivity index (χ1v) is 5.00. The van der Waals surface area contributed by atoms with Crippen LogP contribution in [0.3, 0.4) is 0 Å². The summed E-state index contributed by atoms with van der Waals surface area (Å²) in [5, 5.41) is 0. The van der Waals surface area contributed by atoms with E-state index in [1.165, 1.54) is 0 Å². The molecule has 70 valence electrons. The van der Waals surface area contributed by atoms with Crippen molar-refractivity contribution in [3.8, 4) is 0 Å². The van der Waals surface area contributed by atoms with Crippen LogP contribution in [0, 0.1) is 11.8 Å². The number of allylic oxidation sites excluding steroid dienone is 12. The van der Waals surface area contributed by atoms with Crippen molar-refractivity contribution in [1.29, 1.82) is 0 Å². The second-order valence-corrected chi connectivity index (χ2v) is 3.46. The molecule has 0 nitrogen and oxygen atoms in total. The van der Waals surface area contributed by atoms with Crippen molar-refractivity contribution >= 4 is 0 Å². The van der Waals surface area contributed by atoms with Gasteiger partial charge in [-0.25, -0.2) is 0 Å². The van der Waals surface area contributed by atoms with E-state index in [9.17, 15) is 0 Å². The van der Waals surface area contributed by atoms with E-state index >= 15 is 0 Å². The molecule has 0 amide bonds. The maximum atomic E-state index is 2.19. The van der Waals surface area contributed by atoms with Crippen molar-refractivity contribution in [3.63, 3.8) is 0 Å². The van der Waals surface area contributed by atoms with Crippen molar-refractivity contribution in [2.24, 2.45) is 11.8 Å². The molecule has 0 saturated carbocycles. The Morgan fingerprint density at radius 1 is 0.571 bits per heavy atom. The Balaban J connectivity index is 1.81. The predicted molar refractivity (Wildman–Crippen MR) is 61.8 cm³/mol. The van der Waals surface area contributed by atoms with Gasteiger partial charge in [-0.05, 0) is 0 Å². The Morgan fingerprint density at radius 2 is 0.929 bits per heavy atom. The molecule has 0 spiro atoms. The summed E-state index contributed by atoms with van der Waals surface area (Å²) in [4.78, 5) is 0. The Bertz CT molecular complexity index is 288. The lowest BCUT2D eigenvalue weighted by Crippen LogP contribution is -1.81. The first-order chi connectivity index (χ1) is 6.95. The van der Waals surface area contributed by atoms with E-state index in [0.717, 1.165) is 0 Å². The molecule has 0 heterocycles. The van der Waals surface area contributed by atoms with Gasteiger partial charge in [-0.3, -0.25) is 0 Å². The minimum atomic E-state index is 0.495. The monoisotopic (exact) mass is 182 g/mol. The Kier molecular flexibility index (Phi) is 2.97. The van der Waals surface area contributed by atoms with Gasteiger partial charge in [0.25, 0.3) is 0 Å². The topological polar surface area (TPSA) is 0 Å². The van der Waals surface area contributed by atoms with Crippen molar-refractivity contribution in [2.45, 2.75) is 0 Å². The average Bonchev–Trinajstić information content (AvgIpc) is 2.86. The molecule has 0 radical (unpaired) electrons. The van der Waals surface area contributed by atoms with Crippen molar-refractivity contribution in [1.82, 2.24) is 0 Å². The Morgan fingerprint density at radius 3 is 1.29 bits per heavy atom. The highest BCUT2D eigenvalue weighted by Gasteiger charge is 1.97. The van der Waals surface area contributed by atoms with Crippen LogP contribution < -0.4 is 0 Å². The third-order valence-corrected chi connectivity index (χ3v) is 2.33. The Hall–Kier alpha value is -1.56. The van der Waals surface area contributed by atoms with Crippen molar-refractivity contribution in [3.05, 3.63) is 72.9 Å². The molecule has 0 heteroatoms. The van der Waals surface area contributed by atoms with Crippen molar-refractivity contribution < 1.29 is 0 Å². The molecule has 14 heavy (non-hydrogen) atoms. The van der Waals surface area contributed by atoms with Gasteiger partial charge in [0.15, 0.2) is 0 Å². The van der Waals surface area contributed by atoms with Gasteiger partial charge in [0.05, 0.1) is 0 Å². The summed E-state index contributed by atoms with van der Waals surface area (Å²) in [6.07, 6.45) is 25.7. The van der Waals surface area contributed by atoms with E-state index in [0.29, 0.717) is 11.8 Å². The average molecular weight is 182 g/mol. The van der Waals surface area contributed by atoms with Gasteiger partial charge < -0.3 is 0 Å². The third kappa shape index (κ3) is 2.46. The molecule has 2 aliphatic carbocycles. The fourth-order valence-electron chi connectivity index (χ4n) is 1.54. The molecule has 0 aliphatic heterocycles. The second-order valence-electron chi connectivity index (χ2n) is 3.46. The molecule has 0 aromatic heterocycles. The molecule has 0 bridgehead atoms. The van der Waals surface area contributed by atoms with Crippen LogP contribution in [-0.2, 0) is 0 Å². The van der Waals surface area contributed by atoms with Gasteiger partial charge in [-0.2, -0.15) is 0 Å². The molecular weight excluding hydrogens is 168 g/mol. The lowest BCUT2D eigenvalue weighted by atomic mass is 10.1. The van der Waals surface area contributed by atoms with Crippen LogP contribution in [0.1, 0.15) is 0 Å². The summed E-state index contributed by atoms with van der Waals surface area (Å²) in [6, 6.07) is 0. The van der Waals surface area contributed by atoms with Crippen LogP contribution in [0.25, 0.3) is 0 Å².